The lowest BCUT2D eigenvalue weighted by Crippen LogP contribution is -2.47. The fourth-order valence-electron chi connectivity index (χ4n) is 2.71. The molecule has 3 aromatic heterocycles. The molecule has 0 spiro atoms. The minimum absolute atomic E-state index is 0.538. The van der Waals surface area contributed by atoms with Crippen LogP contribution in [0.4, 0.5) is 24.8 Å². The van der Waals surface area contributed by atoms with Gasteiger partial charge in [0.15, 0.2) is 11.5 Å². The molecule has 11 heteroatoms. The van der Waals surface area contributed by atoms with Crippen LogP contribution in [-0.2, 0) is 6.18 Å². The standard InChI is InChI=1S/C14H13F3N8/c15-14(16,17)10-1-2-11(18-9-10)23-5-7-24(8-6-23)13-4-3-12-19-21-22-25(12)20-13/h1-4,9H,5-8H2. The van der Waals surface area contributed by atoms with Crippen LogP contribution in [0.3, 0.4) is 0 Å². The number of nitrogens with zero attached hydrogens (tertiary/aromatic N) is 8. The van der Waals surface area contributed by atoms with E-state index in [1.165, 1.54) is 10.7 Å². The van der Waals surface area contributed by atoms with Gasteiger partial charge in [0.1, 0.15) is 5.82 Å². The SMILES string of the molecule is FC(F)(F)c1ccc(N2CCN(c3ccc4nnnn4n3)CC2)nc1. The van der Waals surface area contributed by atoms with Gasteiger partial charge in [0.05, 0.1) is 5.56 Å². The summed E-state index contributed by atoms with van der Waals surface area (Å²) in [7, 11) is 0. The van der Waals surface area contributed by atoms with Gasteiger partial charge in [-0.25, -0.2) is 4.98 Å². The first-order chi connectivity index (χ1) is 12.0. The summed E-state index contributed by atoms with van der Waals surface area (Å²) in [5, 5.41) is 15.5. The van der Waals surface area contributed by atoms with Crippen LogP contribution in [0.25, 0.3) is 5.65 Å². The molecular weight excluding hydrogens is 337 g/mol. The second-order valence-electron chi connectivity index (χ2n) is 5.59. The van der Waals surface area contributed by atoms with Gasteiger partial charge in [-0.15, -0.1) is 14.8 Å². The van der Waals surface area contributed by atoms with Crippen LogP contribution in [0, 0.1) is 0 Å². The Labute approximate surface area is 139 Å². The maximum atomic E-state index is 12.6. The summed E-state index contributed by atoms with van der Waals surface area (Å²) < 4.78 is 39.2. The predicted molar refractivity (Wildman–Crippen MR) is 82.2 cm³/mol. The van der Waals surface area contributed by atoms with E-state index < -0.39 is 11.7 Å². The lowest BCUT2D eigenvalue weighted by atomic mass is 10.2. The minimum atomic E-state index is -4.37. The Bertz CT molecular complexity index is 868. The third kappa shape index (κ3) is 3.04. The first-order valence-corrected chi connectivity index (χ1v) is 7.59. The first kappa shape index (κ1) is 15.5. The van der Waals surface area contributed by atoms with Crippen molar-refractivity contribution in [1.82, 2.24) is 30.2 Å². The highest BCUT2D eigenvalue weighted by atomic mass is 19.4. The van der Waals surface area contributed by atoms with Crippen LogP contribution in [-0.4, -0.2) is 56.4 Å². The van der Waals surface area contributed by atoms with E-state index in [1.807, 2.05) is 11.0 Å². The number of hydrogen-bond acceptors (Lipinski definition) is 7. The summed E-state index contributed by atoms with van der Waals surface area (Å²) in [6.45, 7) is 2.61. The highest BCUT2D eigenvalue weighted by Gasteiger charge is 2.31. The topological polar surface area (TPSA) is 75.3 Å². The molecular formula is C14H13F3N8. The van der Waals surface area contributed by atoms with Crippen LogP contribution in [0.2, 0.25) is 0 Å². The summed E-state index contributed by atoms with van der Waals surface area (Å²) in [4.78, 5) is 7.96. The molecule has 25 heavy (non-hydrogen) atoms. The number of hydrogen-bond donors (Lipinski definition) is 0. The molecule has 0 atom stereocenters. The van der Waals surface area contributed by atoms with E-state index >= 15 is 0 Å². The van der Waals surface area contributed by atoms with Crippen molar-refractivity contribution in [2.45, 2.75) is 6.18 Å². The van der Waals surface area contributed by atoms with Gasteiger partial charge < -0.3 is 9.80 Å². The predicted octanol–water partition coefficient (Wildman–Crippen LogP) is 1.26. The highest BCUT2D eigenvalue weighted by Crippen LogP contribution is 2.29. The number of halogens is 3. The number of alkyl halides is 3. The zero-order valence-electron chi connectivity index (χ0n) is 12.9. The van der Waals surface area contributed by atoms with Crippen LogP contribution in [0.5, 0.6) is 0 Å². The smallest absolute Gasteiger partial charge is 0.353 e. The number of fused-ring (bicyclic) bond motifs is 1. The monoisotopic (exact) mass is 350 g/mol. The Morgan fingerprint density at radius 2 is 1.56 bits per heavy atom. The van der Waals surface area contributed by atoms with Gasteiger partial charge in [-0.2, -0.15) is 13.2 Å². The van der Waals surface area contributed by atoms with E-state index in [2.05, 4.69) is 30.5 Å². The van der Waals surface area contributed by atoms with E-state index in [4.69, 9.17) is 0 Å². The number of pyridine rings is 1. The molecule has 1 aliphatic heterocycles. The van der Waals surface area contributed by atoms with Crippen LogP contribution < -0.4 is 9.80 Å². The van der Waals surface area contributed by atoms with Crippen molar-refractivity contribution >= 4 is 17.3 Å². The Balaban J connectivity index is 1.44. The number of anilines is 2. The van der Waals surface area contributed by atoms with Gasteiger partial charge in [-0.3, -0.25) is 0 Å². The van der Waals surface area contributed by atoms with E-state index in [0.29, 0.717) is 37.6 Å². The normalized spacial score (nSPS) is 15.8. The Morgan fingerprint density at radius 1 is 0.880 bits per heavy atom. The zero-order chi connectivity index (χ0) is 17.4. The summed E-state index contributed by atoms with van der Waals surface area (Å²) >= 11 is 0. The summed E-state index contributed by atoms with van der Waals surface area (Å²) in [5.41, 5.74) is -0.176. The zero-order valence-corrected chi connectivity index (χ0v) is 12.9. The molecule has 0 unspecified atom stereocenters. The minimum Gasteiger partial charge on any atom is -0.353 e. The van der Waals surface area contributed by atoms with Crippen molar-refractivity contribution < 1.29 is 13.2 Å². The lowest BCUT2D eigenvalue weighted by molar-refractivity contribution is -0.137. The van der Waals surface area contributed by atoms with E-state index in [1.54, 1.807) is 6.07 Å². The Hall–Kier alpha value is -2.98. The van der Waals surface area contributed by atoms with E-state index in [-0.39, 0.29) is 0 Å². The number of piperazine rings is 1. The molecule has 0 aromatic carbocycles. The maximum absolute atomic E-state index is 12.6. The molecule has 1 aliphatic rings. The van der Waals surface area contributed by atoms with E-state index in [0.717, 1.165) is 18.1 Å². The molecule has 3 aromatic rings. The van der Waals surface area contributed by atoms with Gasteiger partial charge in [0.2, 0.25) is 0 Å². The van der Waals surface area contributed by atoms with Crippen molar-refractivity contribution in [1.29, 1.82) is 0 Å². The maximum Gasteiger partial charge on any atom is 0.417 e. The molecule has 130 valence electrons. The summed E-state index contributed by atoms with van der Waals surface area (Å²) in [6, 6.07) is 6.09. The number of tetrazole rings is 1. The van der Waals surface area contributed by atoms with Gasteiger partial charge in [0, 0.05) is 32.4 Å². The van der Waals surface area contributed by atoms with Gasteiger partial charge in [0.25, 0.3) is 0 Å². The highest BCUT2D eigenvalue weighted by molar-refractivity contribution is 5.47. The Morgan fingerprint density at radius 3 is 2.20 bits per heavy atom. The molecule has 0 bridgehead atoms. The van der Waals surface area contributed by atoms with Crippen molar-refractivity contribution in [3.63, 3.8) is 0 Å². The average molecular weight is 350 g/mol. The first-order valence-electron chi connectivity index (χ1n) is 7.59. The molecule has 4 heterocycles. The van der Waals surface area contributed by atoms with Crippen LogP contribution in [0.15, 0.2) is 30.5 Å². The fraction of sp³-hybridized carbons (Fsp3) is 0.357. The lowest BCUT2D eigenvalue weighted by Gasteiger charge is -2.35. The van der Waals surface area contributed by atoms with Crippen LogP contribution in [0.1, 0.15) is 5.56 Å². The van der Waals surface area contributed by atoms with Gasteiger partial charge >= 0.3 is 6.18 Å². The molecule has 1 fully saturated rings. The molecule has 0 aliphatic carbocycles. The average Bonchev–Trinajstić information content (AvgIpc) is 3.09. The number of rotatable bonds is 2. The quantitative estimate of drug-likeness (QED) is 0.689. The molecule has 0 radical (unpaired) electrons. The molecule has 1 saturated heterocycles. The second-order valence-corrected chi connectivity index (χ2v) is 5.59. The van der Waals surface area contributed by atoms with Crippen LogP contribution >= 0.6 is 0 Å². The molecule has 8 nitrogen and oxygen atoms in total. The van der Waals surface area contributed by atoms with Crippen molar-refractivity contribution in [2.24, 2.45) is 0 Å². The third-order valence-electron chi connectivity index (χ3n) is 4.06. The fourth-order valence-corrected chi connectivity index (χ4v) is 2.71. The second kappa shape index (κ2) is 5.83. The molecule has 4 rings (SSSR count). The van der Waals surface area contributed by atoms with E-state index in [9.17, 15) is 13.2 Å². The largest absolute Gasteiger partial charge is 0.417 e. The van der Waals surface area contributed by atoms with Gasteiger partial charge in [-0.1, -0.05) is 0 Å². The summed E-state index contributed by atoms with van der Waals surface area (Å²) in [5.74, 6) is 1.29. The Kier molecular flexibility index (Phi) is 3.62. The molecule has 0 N–H and O–H groups in total. The summed E-state index contributed by atoms with van der Waals surface area (Å²) in [6.07, 6.45) is -3.50. The van der Waals surface area contributed by atoms with Gasteiger partial charge in [-0.05, 0) is 34.7 Å². The molecule has 0 amide bonds. The van der Waals surface area contributed by atoms with Crippen molar-refractivity contribution in [3.05, 3.63) is 36.0 Å². The van der Waals surface area contributed by atoms with Crippen molar-refractivity contribution in [3.8, 4) is 0 Å². The van der Waals surface area contributed by atoms with Crippen molar-refractivity contribution in [2.75, 3.05) is 36.0 Å². The third-order valence-corrected chi connectivity index (χ3v) is 4.06. The molecule has 0 saturated carbocycles. The number of aromatic nitrogens is 6.